The van der Waals surface area contributed by atoms with Gasteiger partial charge >= 0.3 is 0 Å². The van der Waals surface area contributed by atoms with Gasteiger partial charge < -0.3 is 4.98 Å². The maximum absolute atomic E-state index is 4.68. The van der Waals surface area contributed by atoms with Crippen molar-refractivity contribution >= 4 is 21.8 Å². The van der Waals surface area contributed by atoms with E-state index in [2.05, 4.69) is 76.7 Å². The normalized spacial score (nSPS) is 11.2. The molecule has 3 aromatic carbocycles. The van der Waals surface area contributed by atoms with Gasteiger partial charge in [-0.05, 0) is 17.2 Å². The molecule has 2 heteroatoms. The zero-order valence-electron chi connectivity index (χ0n) is 13.6. The van der Waals surface area contributed by atoms with E-state index in [4.69, 9.17) is 0 Å². The number of hydrogen-bond donors (Lipinski definition) is 1. The molecule has 118 valence electrons. The van der Waals surface area contributed by atoms with Crippen molar-refractivity contribution in [1.82, 2.24) is 9.97 Å². The lowest BCUT2D eigenvalue weighted by molar-refractivity contribution is 1.43. The predicted molar refractivity (Wildman–Crippen MR) is 104 cm³/mol. The second kappa shape index (κ2) is 5.60. The first-order valence-corrected chi connectivity index (χ1v) is 8.42. The maximum Gasteiger partial charge on any atom is 0.0723 e. The van der Waals surface area contributed by atoms with Gasteiger partial charge in [-0.25, -0.2) is 0 Å². The number of para-hydroxylation sites is 1. The third-order valence-corrected chi connectivity index (χ3v) is 4.67. The molecule has 0 aliphatic heterocycles. The Balaban J connectivity index is 1.93. The molecule has 1 N–H and O–H groups in total. The Morgan fingerprint density at radius 1 is 0.600 bits per heavy atom. The van der Waals surface area contributed by atoms with Gasteiger partial charge in [-0.1, -0.05) is 78.9 Å². The monoisotopic (exact) mass is 320 g/mol. The Morgan fingerprint density at radius 2 is 1.24 bits per heavy atom. The molecule has 0 saturated heterocycles. The van der Waals surface area contributed by atoms with Crippen LogP contribution in [0.1, 0.15) is 0 Å². The van der Waals surface area contributed by atoms with E-state index in [9.17, 15) is 0 Å². The fraction of sp³-hybridized carbons (Fsp3) is 0. The maximum atomic E-state index is 4.68. The van der Waals surface area contributed by atoms with E-state index in [-0.39, 0.29) is 0 Å². The summed E-state index contributed by atoms with van der Waals surface area (Å²) in [7, 11) is 0. The molecular formula is C23H16N2. The summed E-state index contributed by atoms with van der Waals surface area (Å²) in [5.41, 5.74) is 6.88. The molecule has 0 bridgehead atoms. The smallest absolute Gasteiger partial charge is 0.0723 e. The van der Waals surface area contributed by atoms with Crippen LogP contribution in [0.25, 0.3) is 44.2 Å². The third kappa shape index (κ3) is 2.23. The zero-order valence-corrected chi connectivity index (χ0v) is 13.6. The molecule has 0 radical (unpaired) electrons. The number of hydrogen-bond acceptors (Lipinski definition) is 1. The lowest BCUT2D eigenvalue weighted by atomic mass is 9.99. The molecular weight excluding hydrogens is 304 g/mol. The minimum Gasteiger partial charge on any atom is -0.353 e. The quantitative estimate of drug-likeness (QED) is 0.421. The first-order chi connectivity index (χ1) is 12.4. The Morgan fingerprint density at radius 3 is 2.00 bits per heavy atom. The van der Waals surface area contributed by atoms with E-state index in [0.29, 0.717) is 0 Å². The van der Waals surface area contributed by atoms with Crippen LogP contribution in [0.4, 0.5) is 0 Å². The number of benzene rings is 3. The van der Waals surface area contributed by atoms with E-state index in [1.54, 1.807) is 0 Å². The molecule has 5 aromatic rings. The molecule has 25 heavy (non-hydrogen) atoms. The van der Waals surface area contributed by atoms with E-state index in [0.717, 1.165) is 27.5 Å². The number of pyridine rings is 1. The average Bonchev–Trinajstić information content (AvgIpc) is 3.09. The molecule has 0 atom stereocenters. The molecule has 0 aliphatic rings. The van der Waals surface area contributed by atoms with E-state index in [1.807, 2.05) is 24.4 Å². The van der Waals surface area contributed by atoms with Gasteiger partial charge in [-0.15, -0.1) is 0 Å². The van der Waals surface area contributed by atoms with E-state index >= 15 is 0 Å². The van der Waals surface area contributed by atoms with Gasteiger partial charge in [0, 0.05) is 22.5 Å². The van der Waals surface area contributed by atoms with Gasteiger partial charge in [-0.2, -0.15) is 0 Å². The summed E-state index contributed by atoms with van der Waals surface area (Å²) in [6, 6.07) is 29.3. The van der Waals surface area contributed by atoms with Gasteiger partial charge in [0.1, 0.15) is 0 Å². The minimum atomic E-state index is 1.01. The highest BCUT2D eigenvalue weighted by atomic mass is 14.8. The van der Waals surface area contributed by atoms with E-state index in [1.165, 1.54) is 16.7 Å². The van der Waals surface area contributed by atoms with Crippen molar-refractivity contribution in [2.45, 2.75) is 0 Å². The van der Waals surface area contributed by atoms with Crippen LogP contribution in [-0.2, 0) is 0 Å². The van der Waals surface area contributed by atoms with Crippen LogP contribution in [-0.4, -0.2) is 9.97 Å². The second-order valence-electron chi connectivity index (χ2n) is 6.17. The van der Waals surface area contributed by atoms with Gasteiger partial charge in [-0.3, -0.25) is 4.98 Å². The van der Waals surface area contributed by atoms with Crippen molar-refractivity contribution in [3.05, 3.63) is 91.1 Å². The number of nitrogens with zero attached hydrogens (tertiary/aromatic N) is 1. The van der Waals surface area contributed by atoms with Crippen LogP contribution >= 0.6 is 0 Å². The fourth-order valence-electron chi connectivity index (χ4n) is 3.51. The van der Waals surface area contributed by atoms with Gasteiger partial charge in [0.15, 0.2) is 0 Å². The molecule has 0 saturated carbocycles. The molecule has 2 heterocycles. The Labute approximate surface area is 145 Å². The molecule has 5 rings (SSSR count). The van der Waals surface area contributed by atoms with Gasteiger partial charge in [0.2, 0.25) is 0 Å². The Bertz CT molecular complexity index is 1170. The van der Waals surface area contributed by atoms with Crippen LogP contribution < -0.4 is 0 Å². The first-order valence-electron chi connectivity index (χ1n) is 8.42. The Hall–Kier alpha value is -3.39. The summed E-state index contributed by atoms with van der Waals surface area (Å²) < 4.78 is 0. The standard InChI is InChI=1S/C23H16N2/c1-3-9-16(10-4-1)21-19-15-24-20-14-8-7-13-18(20)23(19)25-22(21)17-11-5-2-6-12-17/h1-15,25H. The largest absolute Gasteiger partial charge is 0.353 e. The van der Waals surface area contributed by atoms with Gasteiger partial charge in [0.25, 0.3) is 0 Å². The lowest BCUT2D eigenvalue weighted by Gasteiger charge is -2.05. The van der Waals surface area contributed by atoms with Crippen LogP contribution in [0.15, 0.2) is 91.1 Å². The van der Waals surface area contributed by atoms with E-state index < -0.39 is 0 Å². The lowest BCUT2D eigenvalue weighted by Crippen LogP contribution is -1.82. The number of aromatic nitrogens is 2. The molecule has 0 amide bonds. The average molecular weight is 320 g/mol. The highest BCUT2D eigenvalue weighted by Crippen LogP contribution is 2.39. The van der Waals surface area contributed by atoms with Gasteiger partial charge in [0.05, 0.1) is 16.7 Å². The van der Waals surface area contributed by atoms with Crippen LogP contribution in [0.2, 0.25) is 0 Å². The van der Waals surface area contributed by atoms with Crippen molar-refractivity contribution in [2.75, 3.05) is 0 Å². The summed E-state index contributed by atoms with van der Waals surface area (Å²) in [5.74, 6) is 0. The second-order valence-corrected chi connectivity index (χ2v) is 6.17. The number of aromatic amines is 1. The van der Waals surface area contributed by atoms with Crippen molar-refractivity contribution in [3.63, 3.8) is 0 Å². The number of H-pyrrole nitrogens is 1. The number of fused-ring (bicyclic) bond motifs is 3. The first kappa shape index (κ1) is 14.0. The van der Waals surface area contributed by atoms with Crippen molar-refractivity contribution in [3.8, 4) is 22.4 Å². The minimum absolute atomic E-state index is 1.01. The third-order valence-electron chi connectivity index (χ3n) is 4.67. The zero-order chi connectivity index (χ0) is 16.6. The molecule has 0 fully saturated rings. The SMILES string of the molecule is c1ccc(-c2[nH]c3c(cnc4ccccc43)c2-c2ccccc2)cc1. The highest BCUT2D eigenvalue weighted by molar-refractivity contribution is 6.12. The van der Waals surface area contributed by atoms with Crippen molar-refractivity contribution in [2.24, 2.45) is 0 Å². The Kier molecular flexibility index (Phi) is 3.14. The summed E-state index contributed by atoms with van der Waals surface area (Å²) in [6.45, 7) is 0. The topological polar surface area (TPSA) is 28.7 Å². The summed E-state index contributed by atoms with van der Waals surface area (Å²) >= 11 is 0. The van der Waals surface area contributed by atoms with Crippen LogP contribution in [0.5, 0.6) is 0 Å². The number of rotatable bonds is 2. The number of nitrogens with one attached hydrogen (secondary N) is 1. The highest BCUT2D eigenvalue weighted by Gasteiger charge is 2.16. The summed E-state index contributed by atoms with van der Waals surface area (Å²) in [6.07, 6.45) is 1.99. The van der Waals surface area contributed by atoms with Crippen molar-refractivity contribution in [1.29, 1.82) is 0 Å². The van der Waals surface area contributed by atoms with Crippen LogP contribution in [0.3, 0.4) is 0 Å². The molecule has 0 aliphatic carbocycles. The molecule has 2 nitrogen and oxygen atoms in total. The van der Waals surface area contributed by atoms with Crippen molar-refractivity contribution < 1.29 is 0 Å². The molecule has 2 aromatic heterocycles. The molecule has 0 unspecified atom stereocenters. The fourth-order valence-corrected chi connectivity index (χ4v) is 3.51. The summed E-state index contributed by atoms with van der Waals surface area (Å²) in [4.78, 5) is 8.36. The summed E-state index contributed by atoms with van der Waals surface area (Å²) in [5, 5.41) is 2.31. The van der Waals surface area contributed by atoms with Crippen LogP contribution in [0, 0.1) is 0 Å². The molecule has 0 spiro atoms. The predicted octanol–water partition coefficient (Wildman–Crippen LogP) is 6.05.